The summed E-state index contributed by atoms with van der Waals surface area (Å²) >= 11 is 0. The number of pyridine rings is 1. The van der Waals surface area contributed by atoms with Crippen LogP contribution in [0.2, 0.25) is 0 Å². The molecule has 2 rings (SSSR count). The third kappa shape index (κ3) is 3.21. The maximum Gasteiger partial charge on any atom is 0.244 e. The summed E-state index contributed by atoms with van der Waals surface area (Å²) in [6.07, 6.45) is 1.34. The Kier molecular flexibility index (Phi) is 4.70. The number of anilines is 1. The van der Waals surface area contributed by atoms with E-state index in [0.717, 1.165) is 0 Å². The highest BCUT2D eigenvalue weighted by atomic mass is 16.5. The van der Waals surface area contributed by atoms with Crippen LogP contribution in [0, 0.1) is 24.2 Å². The lowest BCUT2D eigenvalue weighted by Gasteiger charge is -2.15. The summed E-state index contributed by atoms with van der Waals surface area (Å²) < 4.78 is 9.74. The summed E-state index contributed by atoms with van der Waals surface area (Å²) in [6, 6.07) is 4.93. The number of methoxy groups -OCH3 is 1. The van der Waals surface area contributed by atoms with Crippen LogP contribution in [-0.4, -0.2) is 28.3 Å². The van der Waals surface area contributed by atoms with Crippen molar-refractivity contribution in [3.05, 3.63) is 35.9 Å². The van der Waals surface area contributed by atoms with Gasteiger partial charge in [-0.1, -0.05) is 5.16 Å². The zero-order chi connectivity index (χ0) is 16.1. The van der Waals surface area contributed by atoms with Crippen molar-refractivity contribution < 1.29 is 19.2 Å². The van der Waals surface area contributed by atoms with Crippen LogP contribution >= 0.6 is 0 Å². The average Bonchev–Trinajstić information content (AvgIpc) is 2.94. The number of nitrogens with zero attached hydrogens (tertiary/aromatic N) is 3. The number of aliphatic hydroxyl groups is 1. The molecule has 0 bridgehead atoms. The number of ether oxygens (including phenoxy) is 1. The van der Waals surface area contributed by atoms with E-state index in [-0.39, 0.29) is 0 Å². The Balaban J connectivity index is 2.12. The maximum absolute atomic E-state index is 12.1. The fraction of sp³-hybridized carbons (Fsp3) is 0.286. The lowest BCUT2D eigenvalue weighted by molar-refractivity contribution is -0.121. The molecule has 2 heterocycles. The summed E-state index contributed by atoms with van der Waals surface area (Å²) in [5.74, 6) is -1.20. The third-order valence-corrected chi connectivity index (χ3v) is 3.06. The van der Waals surface area contributed by atoms with E-state index in [1.165, 1.54) is 19.5 Å². The minimum absolute atomic E-state index is 0.301. The highest BCUT2D eigenvalue weighted by molar-refractivity contribution is 5.94. The van der Waals surface area contributed by atoms with Gasteiger partial charge >= 0.3 is 0 Å². The van der Waals surface area contributed by atoms with E-state index in [4.69, 9.17) is 14.5 Å². The standard InChI is InChI=1S/C14H14N4O4/c1-8-11(7-17-22-8)13(19)10(5-15)14(20)18-9-3-4-12(21-2)16-6-9/h3-4,6-7,10,13,19H,1-2H3,(H,18,20). The highest BCUT2D eigenvalue weighted by Crippen LogP contribution is 2.25. The smallest absolute Gasteiger partial charge is 0.244 e. The van der Waals surface area contributed by atoms with Crippen LogP contribution in [0.4, 0.5) is 5.69 Å². The molecule has 8 heteroatoms. The van der Waals surface area contributed by atoms with Gasteiger partial charge in [-0.25, -0.2) is 4.98 Å². The fourth-order valence-electron chi connectivity index (χ4n) is 1.84. The second kappa shape index (κ2) is 6.69. The van der Waals surface area contributed by atoms with Gasteiger partial charge in [0.25, 0.3) is 0 Å². The number of aromatic nitrogens is 2. The lowest BCUT2D eigenvalue weighted by Crippen LogP contribution is -2.27. The number of carbonyl (C=O) groups is 1. The normalized spacial score (nSPS) is 13.0. The van der Waals surface area contributed by atoms with E-state index < -0.39 is 17.9 Å². The van der Waals surface area contributed by atoms with Crippen molar-refractivity contribution in [1.82, 2.24) is 10.1 Å². The molecule has 0 aliphatic heterocycles. The zero-order valence-electron chi connectivity index (χ0n) is 12.0. The average molecular weight is 302 g/mol. The molecular formula is C14H14N4O4. The molecule has 0 aliphatic carbocycles. The number of aliphatic hydroxyl groups excluding tert-OH is 1. The van der Waals surface area contributed by atoms with Crippen LogP contribution in [0.25, 0.3) is 0 Å². The molecule has 0 radical (unpaired) electrons. The molecule has 2 aromatic rings. The van der Waals surface area contributed by atoms with E-state index >= 15 is 0 Å². The van der Waals surface area contributed by atoms with Crippen molar-refractivity contribution in [2.45, 2.75) is 13.0 Å². The van der Waals surface area contributed by atoms with Gasteiger partial charge in [-0.3, -0.25) is 4.79 Å². The van der Waals surface area contributed by atoms with Gasteiger partial charge in [0.05, 0.1) is 31.3 Å². The summed E-state index contributed by atoms with van der Waals surface area (Å²) in [5.41, 5.74) is 0.690. The number of rotatable bonds is 5. The molecule has 114 valence electrons. The fourth-order valence-corrected chi connectivity index (χ4v) is 1.84. The molecular weight excluding hydrogens is 288 g/mol. The first-order valence-electron chi connectivity index (χ1n) is 6.36. The summed E-state index contributed by atoms with van der Waals surface area (Å²) in [5, 5.41) is 25.4. The van der Waals surface area contributed by atoms with Gasteiger partial charge in [-0.05, 0) is 13.0 Å². The number of nitriles is 1. The Morgan fingerprint density at radius 2 is 2.27 bits per heavy atom. The van der Waals surface area contributed by atoms with Crippen molar-refractivity contribution in [1.29, 1.82) is 5.26 Å². The Hall–Kier alpha value is -2.92. The first kappa shape index (κ1) is 15.5. The molecule has 0 aromatic carbocycles. The van der Waals surface area contributed by atoms with Gasteiger partial charge in [0, 0.05) is 11.6 Å². The minimum atomic E-state index is -1.33. The Morgan fingerprint density at radius 3 is 2.77 bits per heavy atom. The molecule has 2 aromatic heterocycles. The van der Waals surface area contributed by atoms with Crippen molar-refractivity contribution in [2.24, 2.45) is 5.92 Å². The molecule has 0 aliphatic rings. The quantitative estimate of drug-likeness (QED) is 0.850. The molecule has 0 fully saturated rings. The third-order valence-electron chi connectivity index (χ3n) is 3.06. The SMILES string of the molecule is COc1ccc(NC(=O)C(C#N)C(O)c2cnoc2C)cn1. The molecule has 0 spiro atoms. The summed E-state index contributed by atoms with van der Waals surface area (Å²) in [7, 11) is 1.48. The van der Waals surface area contributed by atoms with Crippen molar-refractivity contribution >= 4 is 11.6 Å². The number of nitrogens with one attached hydrogen (secondary N) is 1. The number of amides is 1. The summed E-state index contributed by atoms with van der Waals surface area (Å²) in [6.45, 7) is 1.59. The molecule has 8 nitrogen and oxygen atoms in total. The first-order valence-corrected chi connectivity index (χ1v) is 6.36. The monoisotopic (exact) mass is 302 g/mol. The van der Waals surface area contributed by atoms with Gasteiger partial charge < -0.3 is 19.7 Å². The van der Waals surface area contributed by atoms with Crippen LogP contribution < -0.4 is 10.1 Å². The van der Waals surface area contributed by atoms with Crippen molar-refractivity contribution in [2.75, 3.05) is 12.4 Å². The predicted octanol–water partition coefficient (Wildman–Crippen LogP) is 1.20. The predicted molar refractivity (Wildman–Crippen MR) is 74.7 cm³/mol. The van der Waals surface area contributed by atoms with E-state index in [1.807, 2.05) is 0 Å². The van der Waals surface area contributed by atoms with E-state index in [2.05, 4.69) is 15.5 Å². The van der Waals surface area contributed by atoms with Gasteiger partial charge in [-0.2, -0.15) is 5.26 Å². The number of carbonyl (C=O) groups excluding carboxylic acids is 1. The first-order chi connectivity index (χ1) is 10.6. The molecule has 0 saturated heterocycles. The maximum atomic E-state index is 12.1. The molecule has 22 heavy (non-hydrogen) atoms. The van der Waals surface area contributed by atoms with Crippen molar-refractivity contribution in [3.63, 3.8) is 0 Å². The Morgan fingerprint density at radius 1 is 1.50 bits per heavy atom. The topological polar surface area (TPSA) is 121 Å². The zero-order valence-corrected chi connectivity index (χ0v) is 12.0. The molecule has 2 atom stereocenters. The van der Waals surface area contributed by atoms with Crippen LogP contribution in [-0.2, 0) is 4.79 Å². The van der Waals surface area contributed by atoms with Gasteiger partial charge in [-0.15, -0.1) is 0 Å². The minimum Gasteiger partial charge on any atom is -0.481 e. The van der Waals surface area contributed by atoms with Gasteiger partial charge in [0.15, 0.2) is 5.92 Å². The molecule has 2 unspecified atom stereocenters. The van der Waals surface area contributed by atoms with Crippen LogP contribution in [0.3, 0.4) is 0 Å². The van der Waals surface area contributed by atoms with E-state index in [1.54, 1.807) is 25.1 Å². The van der Waals surface area contributed by atoms with Crippen LogP contribution in [0.1, 0.15) is 17.4 Å². The number of aryl methyl sites for hydroxylation is 1. The van der Waals surface area contributed by atoms with E-state index in [9.17, 15) is 9.90 Å². The number of hydrogen-bond acceptors (Lipinski definition) is 7. The van der Waals surface area contributed by atoms with E-state index in [0.29, 0.717) is 22.9 Å². The number of hydrogen-bond donors (Lipinski definition) is 2. The Labute approximate surface area is 126 Å². The molecule has 2 N–H and O–H groups in total. The largest absolute Gasteiger partial charge is 0.481 e. The lowest BCUT2D eigenvalue weighted by atomic mass is 9.97. The highest BCUT2D eigenvalue weighted by Gasteiger charge is 2.30. The Bertz CT molecular complexity index is 690. The van der Waals surface area contributed by atoms with Gasteiger partial charge in [0.2, 0.25) is 11.8 Å². The van der Waals surface area contributed by atoms with Crippen molar-refractivity contribution in [3.8, 4) is 11.9 Å². The van der Waals surface area contributed by atoms with Crippen LogP contribution in [0.5, 0.6) is 5.88 Å². The molecule has 0 saturated carbocycles. The summed E-state index contributed by atoms with van der Waals surface area (Å²) in [4.78, 5) is 16.1. The molecule has 1 amide bonds. The second-order valence-electron chi connectivity index (χ2n) is 4.47. The van der Waals surface area contributed by atoms with Crippen LogP contribution in [0.15, 0.2) is 29.0 Å². The van der Waals surface area contributed by atoms with Gasteiger partial charge in [0.1, 0.15) is 11.9 Å². The second-order valence-corrected chi connectivity index (χ2v) is 4.47.